The summed E-state index contributed by atoms with van der Waals surface area (Å²) < 4.78 is 17.7. The number of carbonyl (C=O) groups excluding carboxylic acids is 2. The topological polar surface area (TPSA) is 93.2 Å². The number of fused-ring (bicyclic) bond motifs is 1. The Bertz CT molecular complexity index is 1810. The van der Waals surface area contributed by atoms with Crippen LogP contribution in [0.4, 0.5) is 10.5 Å². The van der Waals surface area contributed by atoms with Crippen LogP contribution in [-0.2, 0) is 17.9 Å². The van der Waals surface area contributed by atoms with E-state index in [2.05, 4.69) is 37.1 Å². The zero-order chi connectivity index (χ0) is 34.4. The van der Waals surface area contributed by atoms with E-state index in [0.717, 1.165) is 44.6 Å². The summed E-state index contributed by atoms with van der Waals surface area (Å²) in [6.07, 6.45) is 5.16. The molecule has 9 nitrogen and oxygen atoms in total. The number of aromatic nitrogens is 1. The van der Waals surface area contributed by atoms with E-state index in [0.29, 0.717) is 36.7 Å². The predicted octanol–water partition coefficient (Wildman–Crippen LogP) is 7.84. The van der Waals surface area contributed by atoms with Crippen LogP contribution in [0.2, 0.25) is 0 Å². The van der Waals surface area contributed by atoms with Crippen molar-refractivity contribution in [2.75, 3.05) is 39.6 Å². The van der Waals surface area contributed by atoms with Gasteiger partial charge in [0.1, 0.15) is 18.1 Å². The number of anilines is 1. The van der Waals surface area contributed by atoms with Crippen LogP contribution < -0.4 is 14.8 Å². The molecule has 0 bridgehead atoms. The van der Waals surface area contributed by atoms with Gasteiger partial charge in [0.2, 0.25) is 0 Å². The number of benzene rings is 3. The molecule has 9 heteroatoms. The molecule has 0 spiro atoms. The number of allylic oxidation sites excluding steroid dienone is 1. The first kappa shape index (κ1) is 34.2. The van der Waals surface area contributed by atoms with Gasteiger partial charge in [0.15, 0.2) is 0 Å². The van der Waals surface area contributed by atoms with Gasteiger partial charge in [-0.25, -0.2) is 9.59 Å². The van der Waals surface area contributed by atoms with Crippen LogP contribution in [0.15, 0.2) is 85.2 Å². The van der Waals surface area contributed by atoms with Crippen molar-refractivity contribution in [2.45, 2.75) is 46.4 Å². The number of hydrogen-bond acceptors (Lipinski definition) is 8. The summed E-state index contributed by atoms with van der Waals surface area (Å²) in [5, 5.41) is 3.60. The quantitative estimate of drug-likeness (QED) is 0.164. The van der Waals surface area contributed by atoms with Gasteiger partial charge in [-0.05, 0) is 94.9 Å². The minimum Gasteiger partial charge on any atom is -0.496 e. The second kappa shape index (κ2) is 14.7. The average Bonchev–Trinajstić information content (AvgIpc) is 3.05. The number of pyridine rings is 1. The second-order valence-corrected chi connectivity index (χ2v) is 12.9. The Morgan fingerprint density at radius 2 is 1.71 bits per heavy atom. The van der Waals surface area contributed by atoms with Crippen LogP contribution in [0.25, 0.3) is 16.7 Å². The van der Waals surface area contributed by atoms with Crippen LogP contribution in [-0.4, -0.2) is 66.7 Å². The number of likely N-dealkylation sites (N-methyl/N-ethyl adjacent to an activating group) is 1. The van der Waals surface area contributed by atoms with Crippen LogP contribution in [0.5, 0.6) is 11.5 Å². The first-order valence-corrected chi connectivity index (χ1v) is 16.0. The number of esters is 1. The fraction of sp³-hybridized carbons (Fsp3) is 0.308. The number of rotatable bonds is 11. The standard InChI is InChI=1S/C39H44N4O5.H2/c1-26-10-12-29(13-11-26)37(44)47-25-33-31(16-17-34-36(33)27(2)22-39(3,4)41-34)32-15-14-30(21-35(32)46-7)48-38(45)43(20-19-42(5)6)24-28-9-8-18-40-23-28;/h8-18,21-23,41H,19-20,24-25H2,1-7H3;1H. The molecule has 0 radical (unpaired) electrons. The van der Waals surface area contributed by atoms with Crippen molar-refractivity contribution < 1.29 is 25.2 Å². The van der Waals surface area contributed by atoms with E-state index in [4.69, 9.17) is 14.2 Å². The van der Waals surface area contributed by atoms with Crippen molar-refractivity contribution in [3.05, 3.63) is 113 Å². The van der Waals surface area contributed by atoms with Gasteiger partial charge in [0.25, 0.3) is 0 Å². The molecule has 48 heavy (non-hydrogen) atoms. The summed E-state index contributed by atoms with van der Waals surface area (Å²) in [5.74, 6) is 0.472. The Balaban J connectivity index is 0.00000541. The third kappa shape index (κ3) is 8.22. The monoisotopic (exact) mass is 650 g/mol. The van der Waals surface area contributed by atoms with Gasteiger partial charge < -0.3 is 29.3 Å². The molecule has 1 aliphatic rings. The van der Waals surface area contributed by atoms with Gasteiger partial charge in [-0.3, -0.25) is 4.98 Å². The number of ether oxygens (including phenoxy) is 3. The fourth-order valence-corrected chi connectivity index (χ4v) is 5.90. The Morgan fingerprint density at radius 3 is 2.40 bits per heavy atom. The molecule has 1 N–H and O–H groups in total. The van der Waals surface area contributed by atoms with E-state index < -0.39 is 12.1 Å². The van der Waals surface area contributed by atoms with Gasteiger partial charge in [0.05, 0.1) is 24.8 Å². The molecule has 5 rings (SSSR count). The van der Waals surface area contributed by atoms with Gasteiger partial charge in [0, 0.05) is 55.4 Å². The SMILES string of the molecule is COc1cc(OC(=O)N(CCN(C)C)Cc2cccnc2)ccc1-c1ccc2c(c1COC(=O)c1ccc(C)cc1)C(C)=CC(C)(C)N2.[HH]. The zero-order valence-corrected chi connectivity index (χ0v) is 28.8. The molecule has 1 aromatic heterocycles. The molecule has 252 valence electrons. The van der Waals surface area contributed by atoms with Gasteiger partial charge in [-0.2, -0.15) is 0 Å². The summed E-state index contributed by atoms with van der Waals surface area (Å²) in [6, 6.07) is 20.5. The summed E-state index contributed by atoms with van der Waals surface area (Å²) in [7, 11) is 5.51. The summed E-state index contributed by atoms with van der Waals surface area (Å²) in [4.78, 5) is 34.4. The normalized spacial score (nSPS) is 13.2. The van der Waals surface area contributed by atoms with E-state index in [1.54, 1.807) is 48.7 Å². The molecule has 0 saturated heterocycles. The van der Waals surface area contributed by atoms with Crippen molar-refractivity contribution in [3.8, 4) is 22.6 Å². The number of amides is 1. The van der Waals surface area contributed by atoms with E-state index in [1.807, 2.05) is 68.4 Å². The number of aryl methyl sites for hydroxylation is 1. The second-order valence-electron chi connectivity index (χ2n) is 12.9. The molecule has 0 aliphatic carbocycles. The van der Waals surface area contributed by atoms with Gasteiger partial charge >= 0.3 is 12.1 Å². The highest BCUT2D eigenvalue weighted by Crippen LogP contribution is 2.43. The molecule has 2 heterocycles. The number of methoxy groups -OCH3 is 1. The maximum atomic E-state index is 13.4. The molecule has 4 aromatic rings. The maximum absolute atomic E-state index is 13.4. The fourth-order valence-electron chi connectivity index (χ4n) is 5.90. The molecule has 0 atom stereocenters. The predicted molar refractivity (Wildman–Crippen MR) is 191 cm³/mol. The highest BCUT2D eigenvalue weighted by atomic mass is 16.6. The molecular weight excluding hydrogens is 604 g/mol. The number of nitrogens with one attached hydrogen (secondary N) is 1. The lowest BCUT2D eigenvalue weighted by Gasteiger charge is -2.33. The van der Waals surface area contributed by atoms with Crippen molar-refractivity contribution in [1.29, 1.82) is 0 Å². The first-order chi connectivity index (χ1) is 22.9. The lowest BCUT2D eigenvalue weighted by atomic mass is 9.85. The molecule has 0 saturated carbocycles. The Hall–Kier alpha value is -5.15. The third-order valence-electron chi connectivity index (χ3n) is 8.22. The van der Waals surface area contributed by atoms with E-state index >= 15 is 0 Å². The molecule has 0 fully saturated rings. The highest BCUT2D eigenvalue weighted by Gasteiger charge is 2.28. The third-order valence-corrected chi connectivity index (χ3v) is 8.22. The van der Waals surface area contributed by atoms with Crippen molar-refractivity contribution in [2.24, 2.45) is 0 Å². The zero-order valence-electron chi connectivity index (χ0n) is 28.8. The largest absolute Gasteiger partial charge is 0.496 e. The summed E-state index contributed by atoms with van der Waals surface area (Å²) in [5.41, 5.74) is 7.71. The van der Waals surface area contributed by atoms with Crippen molar-refractivity contribution in [3.63, 3.8) is 0 Å². The lowest BCUT2D eigenvalue weighted by Crippen LogP contribution is -2.38. The highest BCUT2D eigenvalue weighted by molar-refractivity contribution is 5.91. The molecule has 3 aromatic carbocycles. The Morgan fingerprint density at radius 1 is 0.958 bits per heavy atom. The number of carbonyl (C=O) groups is 2. The maximum Gasteiger partial charge on any atom is 0.415 e. The first-order valence-electron chi connectivity index (χ1n) is 16.0. The lowest BCUT2D eigenvalue weighted by molar-refractivity contribution is 0.0473. The van der Waals surface area contributed by atoms with Crippen LogP contribution in [0.3, 0.4) is 0 Å². The summed E-state index contributed by atoms with van der Waals surface area (Å²) >= 11 is 0. The van der Waals surface area contributed by atoms with Gasteiger partial charge in [-0.15, -0.1) is 0 Å². The molecule has 0 unspecified atom stereocenters. The summed E-state index contributed by atoms with van der Waals surface area (Å²) in [6.45, 7) is 9.85. The van der Waals surface area contributed by atoms with E-state index in [-0.39, 0.29) is 13.6 Å². The molecular formula is C39H46N4O5. The minimum atomic E-state index is -0.470. The minimum absolute atomic E-state index is 0. The molecule has 1 aliphatic heterocycles. The average molecular weight is 651 g/mol. The Labute approximate surface area is 284 Å². The smallest absolute Gasteiger partial charge is 0.415 e. The van der Waals surface area contributed by atoms with E-state index in [1.165, 1.54) is 0 Å². The van der Waals surface area contributed by atoms with E-state index in [9.17, 15) is 9.59 Å². The van der Waals surface area contributed by atoms with Crippen LogP contribution >= 0.6 is 0 Å². The van der Waals surface area contributed by atoms with Crippen molar-refractivity contribution >= 4 is 23.3 Å². The van der Waals surface area contributed by atoms with Crippen LogP contribution in [0.1, 0.15) is 54.8 Å². The van der Waals surface area contributed by atoms with Crippen molar-refractivity contribution in [1.82, 2.24) is 14.8 Å². The molecule has 1 amide bonds. The number of nitrogens with zero attached hydrogens (tertiary/aromatic N) is 3. The Kier molecular flexibility index (Phi) is 10.5. The van der Waals surface area contributed by atoms with Gasteiger partial charge in [-0.1, -0.05) is 35.9 Å². The van der Waals surface area contributed by atoms with Crippen LogP contribution in [0, 0.1) is 6.92 Å². The number of hydrogen-bond donors (Lipinski definition) is 1.